The summed E-state index contributed by atoms with van der Waals surface area (Å²) >= 11 is 6.19. The van der Waals surface area contributed by atoms with Gasteiger partial charge in [-0.2, -0.15) is 0 Å². The van der Waals surface area contributed by atoms with E-state index in [0.29, 0.717) is 0 Å². The summed E-state index contributed by atoms with van der Waals surface area (Å²) < 4.78 is 0. The lowest BCUT2D eigenvalue weighted by Crippen LogP contribution is -2.24. The fraction of sp³-hybridized carbons (Fsp3) is 0.333. The summed E-state index contributed by atoms with van der Waals surface area (Å²) in [5.41, 5.74) is 8.47. The summed E-state index contributed by atoms with van der Waals surface area (Å²) in [6, 6.07) is 6.18. The van der Waals surface area contributed by atoms with Gasteiger partial charge in [0.05, 0.1) is 5.02 Å². The summed E-state index contributed by atoms with van der Waals surface area (Å²) in [5.74, 6) is 0. The Bertz CT molecular complexity index is 511. The molecule has 1 aliphatic carbocycles. The van der Waals surface area contributed by atoms with Gasteiger partial charge < -0.3 is 10.7 Å². The molecule has 2 nitrogen and oxygen atoms in total. The maximum atomic E-state index is 6.19. The van der Waals surface area contributed by atoms with Crippen LogP contribution in [0.3, 0.4) is 0 Å². The van der Waals surface area contributed by atoms with Crippen molar-refractivity contribution in [2.75, 3.05) is 0 Å². The first-order valence-electron chi connectivity index (χ1n) is 5.21. The molecule has 0 unspecified atom stereocenters. The molecular weight excluding hydrogens is 208 g/mol. The molecule has 0 saturated heterocycles. The molecule has 0 atom stereocenters. The average molecular weight is 221 g/mol. The molecule has 0 spiro atoms. The number of benzene rings is 1. The third-order valence-corrected chi connectivity index (χ3v) is 3.44. The lowest BCUT2D eigenvalue weighted by Gasteiger charge is -2.09. The molecule has 0 aliphatic heterocycles. The second kappa shape index (κ2) is 3.00. The Kier molecular flexibility index (Phi) is 1.85. The van der Waals surface area contributed by atoms with E-state index in [-0.39, 0.29) is 5.54 Å². The van der Waals surface area contributed by atoms with Gasteiger partial charge in [0.25, 0.3) is 0 Å². The first-order chi connectivity index (χ1) is 7.16. The largest absolute Gasteiger partial charge is 0.361 e. The third kappa shape index (κ3) is 1.64. The van der Waals surface area contributed by atoms with E-state index < -0.39 is 0 Å². The minimum absolute atomic E-state index is 0.0452. The fourth-order valence-electron chi connectivity index (χ4n) is 2.02. The molecule has 1 fully saturated rings. The van der Waals surface area contributed by atoms with Gasteiger partial charge >= 0.3 is 0 Å². The second-order valence-electron chi connectivity index (χ2n) is 4.56. The van der Waals surface area contributed by atoms with E-state index in [0.717, 1.165) is 35.2 Å². The highest BCUT2D eigenvalue weighted by molar-refractivity contribution is 6.35. The monoisotopic (exact) mass is 220 g/mol. The molecule has 1 aromatic carbocycles. The number of nitrogens with one attached hydrogen (secondary N) is 1. The van der Waals surface area contributed by atoms with E-state index in [4.69, 9.17) is 17.3 Å². The molecule has 0 bridgehead atoms. The van der Waals surface area contributed by atoms with Crippen LogP contribution < -0.4 is 5.73 Å². The Hall–Kier alpha value is -0.990. The van der Waals surface area contributed by atoms with Crippen LogP contribution in [0.2, 0.25) is 5.02 Å². The van der Waals surface area contributed by atoms with Gasteiger partial charge in [-0.05, 0) is 43.0 Å². The molecule has 78 valence electrons. The van der Waals surface area contributed by atoms with E-state index >= 15 is 0 Å². The van der Waals surface area contributed by atoms with Crippen LogP contribution in [-0.2, 0) is 6.42 Å². The number of aromatic nitrogens is 1. The molecule has 1 heterocycles. The van der Waals surface area contributed by atoms with Gasteiger partial charge in [0, 0.05) is 22.6 Å². The quantitative estimate of drug-likeness (QED) is 0.803. The summed E-state index contributed by atoms with van der Waals surface area (Å²) in [6.45, 7) is 0. The van der Waals surface area contributed by atoms with Gasteiger partial charge in [-0.25, -0.2) is 0 Å². The van der Waals surface area contributed by atoms with Crippen molar-refractivity contribution in [2.24, 2.45) is 5.73 Å². The number of hydrogen-bond acceptors (Lipinski definition) is 1. The number of halogens is 1. The maximum Gasteiger partial charge on any atom is 0.0502 e. The SMILES string of the molecule is NC1(Cc2cc(Cl)c3cc[nH]c3c2)CC1. The van der Waals surface area contributed by atoms with Gasteiger partial charge in [0.2, 0.25) is 0 Å². The smallest absolute Gasteiger partial charge is 0.0502 e. The van der Waals surface area contributed by atoms with Gasteiger partial charge in [-0.1, -0.05) is 11.6 Å². The normalized spacial score (nSPS) is 18.3. The maximum absolute atomic E-state index is 6.19. The van der Waals surface area contributed by atoms with Crippen LogP contribution in [-0.4, -0.2) is 10.5 Å². The summed E-state index contributed by atoms with van der Waals surface area (Å²) in [6.07, 6.45) is 5.11. The van der Waals surface area contributed by atoms with E-state index in [1.165, 1.54) is 5.56 Å². The van der Waals surface area contributed by atoms with Gasteiger partial charge in [-0.3, -0.25) is 0 Å². The van der Waals surface area contributed by atoms with Crippen molar-refractivity contribution in [3.63, 3.8) is 0 Å². The summed E-state index contributed by atoms with van der Waals surface area (Å²) in [7, 11) is 0. The molecule has 3 heteroatoms. The van der Waals surface area contributed by atoms with Crippen LogP contribution in [0.4, 0.5) is 0 Å². The van der Waals surface area contributed by atoms with Crippen LogP contribution in [0, 0.1) is 0 Å². The zero-order valence-corrected chi connectivity index (χ0v) is 9.14. The first-order valence-corrected chi connectivity index (χ1v) is 5.59. The molecule has 15 heavy (non-hydrogen) atoms. The minimum atomic E-state index is 0.0452. The van der Waals surface area contributed by atoms with E-state index in [9.17, 15) is 0 Å². The highest BCUT2D eigenvalue weighted by Crippen LogP contribution is 2.37. The van der Waals surface area contributed by atoms with Crippen LogP contribution in [0.15, 0.2) is 24.4 Å². The predicted octanol–water partition coefficient (Wildman–Crippen LogP) is 2.86. The Morgan fingerprint density at radius 1 is 1.40 bits per heavy atom. The summed E-state index contributed by atoms with van der Waals surface area (Å²) in [4.78, 5) is 3.18. The van der Waals surface area contributed by atoms with Crippen molar-refractivity contribution in [1.29, 1.82) is 0 Å². The van der Waals surface area contributed by atoms with Gasteiger partial charge in [-0.15, -0.1) is 0 Å². The van der Waals surface area contributed by atoms with Crippen LogP contribution in [0.25, 0.3) is 10.9 Å². The Morgan fingerprint density at radius 2 is 2.20 bits per heavy atom. The van der Waals surface area contributed by atoms with E-state index in [2.05, 4.69) is 11.1 Å². The van der Waals surface area contributed by atoms with E-state index in [1.54, 1.807) is 0 Å². The Labute approximate surface area is 93.4 Å². The zero-order chi connectivity index (χ0) is 10.5. The molecule has 2 aromatic rings. The van der Waals surface area contributed by atoms with Crippen molar-refractivity contribution in [1.82, 2.24) is 4.98 Å². The number of rotatable bonds is 2. The molecular formula is C12H13ClN2. The molecule has 1 saturated carbocycles. The topological polar surface area (TPSA) is 41.8 Å². The van der Waals surface area contributed by atoms with Crippen molar-refractivity contribution < 1.29 is 0 Å². The van der Waals surface area contributed by atoms with Gasteiger partial charge in [0.1, 0.15) is 0 Å². The summed E-state index contributed by atoms with van der Waals surface area (Å²) in [5, 5.41) is 1.90. The standard InChI is InChI=1S/C12H13ClN2/c13-10-5-8(7-12(14)2-3-12)6-11-9(10)1-4-15-11/h1,4-6,15H,2-3,7,14H2. The molecule has 1 aromatic heterocycles. The predicted molar refractivity (Wildman–Crippen MR) is 63.2 cm³/mol. The highest BCUT2D eigenvalue weighted by atomic mass is 35.5. The minimum Gasteiger partial charge on any atom is -0.361 e. The van der Waals surface area contributed by atoms with Crippen LogP contribution in [0.1, 0.15) is 18.4 Å². The van der Waals surface area contributed by atoms with Crippen molar-refractivity contribution in [3.8, 4) is 0 Å². The number of aromatic amines is 1. The number of hydrogen-bond donors (Lipinski definition) is 2. The van der Waals surface area contributed by atoms with Crippen molar-refractivity contribution in [2.45, 2.75) is 24.8 Å². The van der Waals surface area contributed by atoms with Gasteiger partial charge in [0.15, 0.2) is 0 Å². The zero-order valence-electron chi connectivity index (χ0n) is 8.39. The molecule has 0 radical (unpaired) electrons. The first kappa shape index (κ1) is 9.25. The van der Waals surface area contributed by atoms with E-state index in [1.807, 2.05) is 18.3 Å². The lowest BCUT2D eigenvalue weighted by atomic mass is 10.0. The van der Waals surface area contributed by atoms with Crippen molar-refractivity contribution in [3.05, 3.63) is 35.0 Å². The number of H-pyrrole nitrogens is 1. The number of nitrogens with two attached hydrogens (primary N) is 1. The molecule has 3 N–H and O–H groups in total. The van der Waals surface area contributed by atoms with Crippen LogP contribution in [0.5, 0.6) is 0 Å². The lowest BCUT2D eigenvalue weighted by molar-refractivity contribution is 0.672. The highest BCUT2D eigenvalue weighted by Gasteiger charge is 2.38. The Balaban J connectivity index is 2.04. The molecule has 1 aliphatic rings. The number of fused-ring (bicyclic) bond motifs is 1. The molecule has 0 amide bonds. The van der Waals surface area contributed by atoms with Crippen LogP contribution >= 0.6 is 11.6 Å². The third-order valence-electron chi connectivity index (χ3n) is 3.13. The molecule has 3 rings (SSSR count). The fourth-order valence-corrected chi connectivity index (χ4v) is 2.33. The Morgan fingerprint density at radius 3 is 2.93 bits per heavy atom. The van der Waals surface area contributed by atoms with Crippen molar-refractivity contribution >= 4 is 22.5 Å². The second-order valence-corrected chi connectivity index (χ2v) is 4.96. The average Bonchev–Trinajstić information content (AvgIpc) is 2.73.